The molecular formula is C26H24F7N3O6S. The average molecular weight is 640 g/mol. The van der Waals surface area contributed by atoms with Crippen molar-refractivity contribution in [2.45, 2.75) is 60.2 Å². The van der Waals surface area contributed by atoms with E-state index in [1.807, 2.05) is 0 Å². The van der Waals surface area contributed by atoms with E-state index in [0.29, 0.717) is 18.6 Å². The first-order valence-electron chi connectivity index (χ1n) is 12.9. The molecule has 9 nitrogen and oxygen atoms in total. The van der Waals surface area contributed by atoms with Crippen LogP contribution in [0.5, 0.6) is 0 Å². The Kier molecular flexibility index (Phi) is 7.35. The van der Waals surface area contributed by atoms with Gasteiger partial charge in [0, 0.05) is 24.9 Å². The molecule has 234 valence electrons. The minimum atomic E-state index is -6.15. The number of alkyl carbamates (subject to hydrolysis) is 1. The number of rotatable bonds is 5. The van der Waals surface area contributed by atoms with Gasteiger partial charge < -0.3 is 20.1 Å². The van der Waals surface area contributed by atoms with Crippen molar-refractivity contribution < 1.29 is 58.6 Å². The van der Waals surface area contributed by atoms with Crippen LogP contribution in [-0.2, 0) is 31.6 Å². The Balaban J connectivity index is 1.52. The monoisotopic (exact) mass is 639 g/mol. The molecule has 2 fully saturated rings. The molecule has 2 atom stereocenters. The van der Waals surface area contributed by atoms with Gasteiger partial charge in [-0.05, 0) is 48.7 Å². The van der Waals surface area contributed by atoms with Gasteiger partial charge in [-0.25, -0.2) is 17.6 Å². The molecule has 1 unspecified atom stereocenters. The quantitative estimate of drug-likeness (QED) is 0.482. The fourth-order valence-corrected chi connectivity index (χ4v) is 7.42. The maximum absolute atomic E-state index is 13.8. The molecule has 2 N–H and O–H groups in total. The van der Waals surface area contributed by atoms with Gasteiger partial charge in [-0.15, -0.1) is 0 Å². The van der Waals surface area contributed by atoms with E-state index in [0.717, 1.165) is 34.6 Å². The van der Waals surface area contributed by atoms with Gasteiger partial charge >= 0.3 is 18.4 Å². The maximum Gasteiger partial charge on any atom is 0.430 e. The summed E-state index contributed by atoms with van der Waals surface area (Å²) in [5, 5.41) is 12.4. The summed E-state index contributed by atoms with van der Waals surface area (Å²) in [5.74, 6) is -1.29. The van der Waals surface area contributed by atoms with Gasteiger partial charge in [0.25, 0.3) is 15.6 Å². The SMILES string of the molecule is O=C1NCC2(CCN(C(=O)C[C@@H]3CCc4cc(C(O)(C(F)(F)F)C(F)(F)F)ccc4N3S(=O)(=O)c3ccc(F)cc3)C2)O1. The largest absolute Gasteiger partial charge is 0.439 e. The summed E-state index contributed by atoms with van der Waals surface area (Å²) in [6.45, 7) is 0.399. The van der Waals surface area contributed by atoms with Crippen LogP contribution < -0.4 is 9.62 Å². The predicted molar refractivity (Wildman–Crippen MR) is 134 cm³/mol. The van der Waals surface area contributed by atoms with E-state index >= 15 is 0 Å². The highest BCUT2D eigenvalue weighted by Gasteiger charge is 2.71. The number of carbonyl (C=O) groups excluding carboxylic acids is 2. The zero-order valence-corrected chi connectivity index (χ0v) is 22.8. The van der Waals surface area contributed by atoms with Crippen molar-refractivity contribution in [1.82, 2.24) is 10.2 Å². The van der Waals surface area contributed by atoms with Crippen molar-refractivity contribution in [3.05, 3.63) is 59.4 Å². The Hall–Kier alpha value is -3.60. The topological polar surface area (TPSA) is 116 Å². The number of nitrogens with one attached hydrogen (secondary N) is 1. The number of hydrogen-bond donors (Lipinski definition) is 2. The molecule has 0 aromatic heterocycles. The fraction of sp³-hybridized carbons (Fsp3) is 0.462. The number of fused-ring (bicyclic) bond motifs is 1. The third-order valence-corrected chi connectivity index (χ3v) is 9.83. The van der Waals surface area contributed by atoms with Crippen molar-refractivity contribution in [3.8, 4) is 0 Å². The molecule has 0 bridgehead atoms. The van der Waals surface area contributed by atoms with Gasteiger partial charge in [-0.2, -0.15) is 26.3 Å². The summed E-state index contributed by atoms with van der Waals surface area (Å²) in [6, 6.07) is 3.96. The Morgan fingerprint density at radius 3 is 2.30 bits per heavy atom. The number of amides is 2. The molecule has 3 aliphatic heterocycles. The lowest BCUT2D eigenvalue weighted by atomic mass is 9.87. The van der Waals surface area contributed by atoms with E-state index in [2.05, 4.69) is 5.32 Å². The third kappa shape index (κ3) is 5.25. The zero-order valence-electron chi connectivity index (χ0n) is 22.0. The van der Waals surface area contributed by atoms with Crippen LogP contribution >= 0.6 is 0 Å². The fourth-order valence-electron chi connectivity index (χ4n) is 5.70. The number of aryl methyl sites for hydroxylation is 1. The molecule has 17 heteroatoms. The van der Waals surface area contributed by atoms with E-state index in [1.165, 1.54) is 4.90 Å². The van der Waals surface area contributed by atoms with Gasteiger partial charge in [-0.1, -0.05) is 12.1 Å². The number of nitrogens with zero attached hydrogens (tertiary/aromatic N) is 2. The molecule has 43 heavy (non-hydrogen) atoms. The van der Waals surface area contributed by atoms with Gasteiger partial charge in [0.1, 0.15) is 5.82 Å². The summed E-state index contributed by atoms with van der Waals surface area (Å²) >= 11 is 0. The Labute approximate surface area is 240 Å². The number of ether oxygens (including phenoxy) is 1. The summed E-state index contributed by atoms with van der Waals surface area (Å²) in [6.07, 6.45) is -13.5. The summed E-state index contributed by atoms with van der Waals surface area (Å²) < 4.78 is 128. The molecule has 2 aromatic rings. The molecule has 0 saturated carbocycles. The highest BCUT2D eigenvalue weighted by atomic mass is 32.2. The van der Waals surface area contributed by atoms with Crippen LogP contribution in [0.2, 0.25) is 0 Å². The highest BCUT2D eigenvalue weighted by Crippen LogP contribution is 2.51. The Morgan fingerprint density at radius 2 is 1.72 bits per heavy atom. The molecule has 0 radical (unpaired) electrons. The van der Waals surface area contributed by atoms with Crippen molar-refractivity contribution in [1.29, 1.82) is 0 Å². The number of anilines is 1. The molecule has 3 heterocycles. The highest BCUT2D eigenvalue weighted by molar-refractivity contribution is 7.92. The second-order valence-electron chi connectivity index (χ2n) is 10.7. The van der Waals surface area contributed by atoms with Crippen LogP contribution in [0.4, 0.5) is 41.2 Å². The predicted octanol–water partition coefficient (Wildman–Crippen LogP) is 3.75. The number of benzene rings is 2. The standard InChI is InChI=1S/C26H24F7N3O6S/c27-17-3-6-19(7-4-17)43(40,41)36-18(12-21(37)35-10-9-23(14-35)13-34-22(38)42-23)5-1-15-11-16(2-8-20(15)36)24(39,25(28,29)30)26(31,32)33/h2-4,6-8,11,18,39H,1,5,9-10,12-14H2,(H,34,38)/t18-,23?/m0/s1. The minimum Gasteiger partial charge on any atom is -0.439 e. The molecule has 2 aromatic carbocycles. The average Bonchev–Trinajstić information content (AvgIpc) is 3.51. The van der Waals surface area contributed by atoms with Crippen molar-refractivity contribution in [3.63, 3.8) is 0 Å². The van der Waals surface area contributed by atoms with Gasteiger partial charge in [0.15, 0.2) is 5.60 Å². The summed E-state index contributed by atoms with van der Waals surface area (Å²) in [5.41, 5.74) is -8.26. The summed E-state index contributed by atoms with van der Waals surface area (Å²) in [7, 11) is -4.64. The number of hydrogen-bond acceptors (Lipinski definition) is 6. The van der Waals surface area contributed by atoms with E-state index in [9.17, 15) is 53.8 Å². The molecule has 3 aliphatic rings. The molecule has 2 amide bonds. The zero-order chi connectivity index (χ0) is 31.6. The van der Waals surface area contributed by atoms with Crippen molar-refractivity contribution >= 4 is 27.7 Å². The van der Waals surface area contributed by atoms with Crippen LogP contribution in [0.3, 0.4) is 0 Å². The van der Waals surface area contributed by atoms with Crippen molar-refractivity contribution in [2.24, 2.45) is 0 Å². The molecule has 1 spiro atoms. The first kappa shape index (κ1) is 30.8. The lowest BCUT2D eigenvalue weighted by molar-refractivity contribution is -0.376. The van der Waals surface area contributed by atoms with Crippen LogP contribution in [0.1, 0.15) is 30.4 Å². The lowest BCUT2D eigenvalue weighted by Crippen LogP contribution is -2.54. The Morgan fingerprint density at radius 1 is 1.07 bits per heavy atom. The second kappa shape index (κ2) is 10.2. The minimum absolute atomic E-state index is 0.0371. The van der Waals surface area contributed by atoms with Gasteiger partial charge in [0.05, 0.1) is 29.7 Å². The number of carbonyl (C=O) groups is 2. The van der Waals surface area contributed by atoms with Crippen LogP contribution in [0, 0.1) is 5.82 Å². The van der Waals surface area contributed by atoms with E-state index < -0.39 is 74.3 Å². The van der Waals surface area contributed by atoms with Gasteiger partial charge in [-0.3, -0.25) is 9.10 Å². The second-order valence-corrected chi connectivity index (χ2v) is 12.5. The number of aliphatic hydroxyl groups is 1. The Bertz CT molecular complexity index is 1530. The number of likely N-dealkylation sites (tertiary alicyclic amines) is 1. The smallest absolute Gasteiger partial charge is 0.430 e. The maximum atomic E-state index is 13.8. The number of alkyl halides is 6. The molecule has 5 rings (SSSR count). The van der Waals surface area contributed by atoms with E-state index in [-0.39, 0.29) is 43.7 Å². The molecule has 0 aliphatic carbocycles. The van der Waals surface area contributed by atoms with Crippen LogP contribution in [-0.4, -0.2) is 74.1 Å². The first-order valence-corrected chi connectivity index (χ1v) is 14.4. The van der Waals surface area contributed by atoms with Crippen molar-refractivity contribution in [2.75, 3.05) is 23.9 Å². The number of sulfonamides is 1. The normalized spacial score (nSPS) is 22.9. The lowest BCUT2D eigenvalue weighted by Gasteiger charge is -2.39. The molecule has 2 saturated heterocycles. The van der Waals surface area contributed by atoms with E-state index in [4.69, 9.17) is 4.74 Å². The summed E-state index contributed by atoms with van der Waals surface area (Å²) in [4.78, 5) is 25.8. The van der Waals surface area contributed by atoms with Crippen LogP contribution in [0.25, 0.3) is 0 Å². The number of halogens is 7. The first-order chi connectivity index (χ1) is 19.9. The third-order valence-electron chi connectivity index (χ3n) is 7.95. The van der Waals surface area contributed by atoms with E-state index in [1.54, 1.807) is 0 Å². The van der Waals surface area contributed by atoms with Crippen LogP contribution in [0.15, 0.2) is 47.4 Å². The molecular weight excluding hydrogens is 615 g/mol. The van der Waals surface area contributed by atoms with Gasteiger partial charge in [0.2, 0.25) is 5.91 Å².